The lowest BCUT2D eigenvalue weighted by atomic mass is 9.99. The van der Waals surface area contributed by atoms with E-state index in [1.54, 1.807) is 0 Å². The first kappa shape index (κ1) is 17.7. The molecule has 1 aliphatic rings. The number of hydrogen-bond donors (Lipinski definition) is 2. The van der Waals surface area contributed by atoms with E-state index in [4.69, 9.17) is 4.74 Å². The molecule has 0 bridgehead atoms. The fraction of sp³-hybridized carbons (Fsp3) is 0.389. The third kappa shape index (κ3) is 3.83. The van der Waals surface area contributed by atoms with Gasteiger partial charge in [-0.2, -0.15) is 0 Å². The molecule has 124 valence electrons. The summed E-state index contributed by atoms with van der Waals surface area (Å²) in [4.78, 5) is 12.5. The first-order valence-corrected chi connectivity index (χ1v) is 7.80. The second-order valence-electron chi connectivity index (χ2n) is 5.81. The van der Waals surface area contributed by atoms with Crippen LogP contribution in [0.3, 0.4) is 0 Å². The van der Waals surface area contributed by atoms with E-state index in [1.807, 2.05) is 32.0 Å². The molecule has 1 heterocycles. The van der Waals surface area contributed by atoms with E-state index in [-0.39, 0.29) is 36.5 Å². The van der Waals surface area contributed by atoms with E-state index in [9.17, 15) is 4.79 Å². The summed E-state index contributed by atoms with van der Waals surface area (Å²) in [6.07, 6.45) is -0.103. The molecule has 1 amide bonds. The molecule has 0 aliphatic carbocycles. The van der Waals surface area contributed by atoms with E-state index in [0.717, 1.165) is 5.56 Å². The van der Waals surface area contributed by atoms with Crippen molar-refractivity contribution in [3.8, 4) is 0 Å². The van der Waals surface area contributed by atoms with Gasteiger partial charge in [0.25, 0.3) is 0 Å². The number of benzene rings is 2. The molecule has 2 aromatic carbocycles. The van der Waals surface area contributed by atoms with Crippen LogP contribution in [0.25, 0.3) is 10.8 Å². The number of halogens is 1. The molecule has 2 aromatic rings. The van der Waals surface area contributed by atoms with Crippen LogP contribution in [-0.2, 0) is 9.53 Å². The summed E-state index contributed by atoms with van der Waals surface area (Å²) in [7, 11) is 0. The maximum absolute atomic E-state index is 12.5. The Labute approximate surface area is 143 Å². The average Bonchev–Trinajstić information content (AvgIpc) is 2.54. The van der Waals surface area contributed by atoms with Gasteiger partial charge in [-0.05, 0) is 30.2 Å². The van der Waals surface area contributed by atoms with Crippen molar-refractivity contribution in [3.05, 3.63) is 48.0 Å². The van der Waals surface area contributed by atoms with Gasteiger partial charge in [0, 0.05) is 6.54 Å². The highest BCUT2D eigenvalue weighted by molar-refractivity contribution is 5.87. The summed E-state index contributed by atoms with van der Waals surface area (Å²) in [6.45, 7) is 5.32. The minimum absolute atomic E-state index is 0. The highest BCUT2D eigenvalue weighted by Gasteiger charge is 2.29. The molecule has 3 atom stereocenters. The highest BCUT2D eigenvalue weighted by Crippen LogP contribution is 2.24. The van der Waals surface area contributed by atoms with Gasteiger partial charge in [0.2, 0.25) is 5.91 Å². The maximum Gasteiger partial charge on any atom is 0.240 e. The van der Waals surface area contributed by atoms with E-state index < -0.39 is 0 Å². The van der Waals surface area contributed by atoms with Crippen molar-refractivity contribution in [2.24, 2.45) is 0 Å². The van der Waals surface area contributed by atoms with Gasteiger partial charge in [-0.15, -0.1) is 12.4 Å². The molecule has 0 spiro atoms. The molecule has 5 heteroatoms. The monoisotopic (exact) mass is 334 g/mol. The van der Waals surface area contributed by atoms with E-state index in [0.29, 0.717) is 13.2 Å². The van der Waals surface area contributed by atoms with E-state index in [1.165, 1.54) is 10.8 Å². The molecule has 1 unspecified atom stereocenters. The zero-order chi connectivity index (χ0) is 15.5. The van der Waals surface area contributed by atoms with Gasteiger partial charge >= 0.3 is 0 Å². The number of carbonyl (C=O) groups excluding carboxylic acids is 1. The van der Waals surface area contributed by atoms with Crippen molar-refractivity contribution >= 4 is 29.1 Å². The van der Waals surface area contributed by atoms with Crippen LogP contribution in [0.2, 0.25) is 0 Å². The Balaban J connectivity index is 0.00000192. The van der Waals surface area contributed by atoms with Crippen LogP contribution in [0.5, 0.6) is 0 Å². The van der Waals surface area contributed by atoms with E-state index in [2.05, 4.69) is 34.9 Å². The molecule has 3 rings (SSSR count). The van der Waals surface area contributed by atoms with Crippen LogP contribution in [0, 0.1) is 0 Å². The van der Waals surface area contributed by atoms with Gasteiger partial charge in [-0.3, -0.25) is 4.79 Å². The van der Waals surface area contributed by atoms with E-state index >= 15 is 0 Å². The van der Waals surface area contributed by atoms with Gasteiger partial charge in [0.05, 0.1) is 18.8 Å². The van der Waals surface area contributed by atoms with Crippen LogP contribution >= 0.6 is 12.4 Å². The Hall–Kier alpha value is -1.62. The molecule has 23 heavy (non-hydrogen) atoms. The van der Waals surface area contributed by atoms with Crippen molar-refractivity contribution in [2.75, 3.05) is 13.2 Å². The summed E-state index contributed by atoms with van der Waals surface area (Å²) in [5.41, 5.74) is 1.14. The third-order valence-electron chi connectivity index (χ3n) is 4.25. The fourth-order valence-electron chi connectivity index (χ4n) is 3.04. The smallest absolute Gasteiger partial charge is 0.240 e. The summed E-state index contributed by atoms with van der Waals surface area (Å²) in [5.74, 6) is -0.00682. The highest BCUT2D eigenvalue weighted by atomic mass is 35.5. The molecule has 0 aromatic heterocycles. The lowest BCUT2D eigenvalue weighted by Crippen LogP contribution is -2.55. The zero-order valence-corrected chi connectivity index (χ0v) is 14.2. The van der Waals surface area contributed by atoms with Crippen molar-refractivity contribution < 1.29 is 9.53 Å². The number of ether oxygens (including phenoxy) is 1. The van der Waals surface area contributed by atoms with Gasteiger partial charge in [-0.25, -0.2) is 0 Å². The second kappa shape index (κ2) is 7.77. The SMILES string of the molecule is CC(NC(=O)[C@H]1NCCO[C@@H]1C)c1cccc2ccccc12.Cl. The quantitative estimate of drug-likeness (QED) is 0.907. The second-order valence-corrected chi connectivity index (χ2v) is 5.81. The minimum Gasteiger partial charge on any atom is -0.375 e. The van der Waals surface area contributed by atoms with Gasteiger partial charge in [0.15, 0.2) is 0 Å². The molecule has 1 aliphatic heterocycles. The minimum atomic E-state index is -0.286. The molecular weight excluding hydrogens is 312 g/mol. The first-order chi connectivity index (χ1) is 10.7. The number of rotatable bonds is 3. The predicted molar refractivity (Wildman–Crippen MR) is 95.0 cm³/mol. The van der Waals surface area contributed by atoms with Gasteiger partial charge < -0.3 is 15.4 Å². The third-order valence-corrected chi connectivity index (χ3v) is 4.25. The van der Waals surface area contributed by atoms with Crippen molar-refractivity contribution in [1.82, 2.24) is 10.6 Å². The number of hydrogen-bond acceptors (Lipinski definition) is 3. The summed E-state index contributed by atoms with van der Waals surface area (Å²) in [5, 5.41) is 8.70. The number of nitrogens with one attached hydrogen (secondary N) is 2. The lowest BCUT2D eigenvalue weighted by molar-refractivity contribution is -0.129. The summed E-state index contributed by atoms with van der Waals surface area (Å²) < 4.78 is 5.55. The maximum atomic E-state index is 12.5. The lowest BCUT2D eigenvalue weighted by Gasteiger charge is -2.30. The van der Waals surface area contributed by atoms with Crippen LogP contribution in [-0.4, -0.2) is 31.2 Å². The molecule has 2 N–H and O–H groups in total. The fourth-order valence-corrected chi connectivity index (χ4v) is 3.04. The van der Waals surface area contributed by atoms with Crippen molar-refractivity contribution in [1.29, 1.82) is 0 Å². The molecule has 1 fully saturated rings. The standard InChI is InChI=1S/C18H22N2O2.ClH/c1-12(20-18(21)17-13(2)22-11-10-19-17)15-9-5-7-14-6-3-4-8-16(14)15;/h3-9,12-13,17,19H,10-11H2,1-2H3,(H,20,21);1H/t12?,13-,17+;/m1./s1. The zero-order valence-electron chi connectivity index (χ0n) is 13.4. The average molecular weight is 335 g/mol. The van der Waals surface area contributed by atoms with Crippen LogP contribution < -0.4 is 10.6 Å². The van der Waals surface area contributed by atoms with Gasteiger partial charge in [-0.1, -0.05) is 42.5 Å². The Kier molecular flexibility index (Phi) is 5.99. The molecule has 0 saturated carbocycles. The number of morpholine rings is 1. The van der Waals surface area contributed by atoms with Crippen LogP contribution in [0.4, 0.5) is 0 Å². The topological polar surface area (TPSA) is 50.4 Å². The Morgan fingerprint density at radius 3 is 2.78 bits per heavy atom. The first-order valence-electron chi connectivity index (χ1n) is 7.80. The van der Waals surface area contributed by atoms with Gasteiger partial charge in [0.1, 0.15) is 6.04 Å². The number of amides is 1. The normalized spacial score (nSPS) is 22.2. The largest absolute Gasteiger partial charge is 0.375 e. The summed E-state index contributed by atoms with van der Waals surface area (Å²) >= 11 is 0. The van der Waals surface area contributed by atoms with Crippen molar-refractivity contribution in [2.45, 2.75) is 32.0 Å². The van der Waals surface area contributed by atoms with Crippen LogP contribution in [0.15, 0.2) is 42.5 Å². The Bertz CT molecular complexity index is 672. The van der Waals surface area contributed by atoms with Crippen LogP contribution in [0.1, 0.15) is 25.5 Å². The molecule has 4 nitrogen and oxygen atoms in total. The van der Waals surface area contributed by atoms with Crippen molar-refractivity contribution in [3.63, 3.8) is 0 Å². The Morgan fingerprint density at radius 1 is 1.26 bits per heavy atom. The number of fused-ring (bicyclic) bond motifs is 1. The summed E-state index contributed by atoms with van der Waals surface area (Å²) in [6, 6.07) is 14.1. The molecule has 0 radical (unpaired) electrons. The molecule has 1 saturated heterocycles. The Morgan fingerprint density at radius 2 is 2.00 bits per heavy atom. The number of carbonyl (C=O) groups is 1. The predicted octanol–water partition coefficient (Wildman–Crippen LogP) is 2.82. The molecular formula is C18H23ClN2O2.